The number of nitrogens with one attached hydrogen (secondary N) is 1. The summed E-state index contributed by atoms with van der Waals surface area (Å²) in [5.41, 5.74) is 6.23. The molecule has 25 heavy (non-hydrogen) atoms. The van der Waals surface area contributed by atoms with E-state index in [9.17, 15) is 4.79 Å². The van der Waals surface area contributed by atoms with Crippen molar-refractivity contribution in [1.29, 1.82) is 0 Å². The van der Waals surface area contributed by atoms with Gasteiger partial charge in [-0.25, -0.2) is 0 Å². The Labute approximate surface area is 151 Å². The number of methoxy groups -OCH3 is 1. The molecule has 0 bridgehead atoms. The van der Waals surface area contributed by atoms with Gasteiger partial charge in [0, 0.05) is 5.56 Å². The summed E-state index contributed by atoms with van der Waals surface area (Å²) >= 11 is 0. The summed E-state index contributed by atoms with van der Waals surface area (Å²) in [7, 11) is 1.67. The van der Waals surface area contributed by atoms with Crippen LogP contribution in [-0.4, -0.2) is 13.0 Å². The minimum absolute atomic E-state index is 0.0450. The summed E-state index contributed by atoms with van der Waals surface area (Å²) in [5.74, 6) is 1.08. The molecule has 0 aliphatic heterocycles. The Bertz CT molecular complexity index is 778. The SMILES string of the molecule is COc1cc(C)c(C(=O)NC(C)c2cc(C)ccc2C)cc1C(C)C. The highest BCUT2D eigenvalue weighted by Gasteiger charge is 2.18. The van der Waals surface area contributed by atoms with E-state index in [4.69, 9.17) is 4.74 Å². The summed E-state index contributed by atoms with van der Waals surface area (Å²) in [5, 5.41) is 3.15. The van der Waals surface area contributed by atoms with Gasteiger partial charge in [0.25, 0.3) is 5.91 Å². The maximum Gasteiger partial charge on any atom is 0.252 e. The van der Waals surface area contributed by atoms with E-state index < -0.39 is 0 Å². The van der Waals surface area contributed by atoms with Crippen LogP contribution in [0.3, 0.4) is 0 Å². The molecule has 0 spiro atoms. The molecule has 0 aliphatic rings. The standard InChI is InChI=1S/C22H29NO2/c1-13(2)18-12-20(16(5)11-21(18)25-7)22(24)23-17(6)19-10-14(3)8-9-15(19)4/h8-13,17H,1-7H3,(H,23,24). The predicted octanol–water partition coefficient (Wildman–Crippen LogP) is 5.23. The molecule has 0 aromatic heterocycles. The summed E-state index contributed by atoms with van der Waals surface area (Å²) in [6.07, 6.45) is 0. The van der Waals surface area contributed by atoms with Crippen molar-refractivity contribution in [2.75, 3.05) is 7.11 Å². The number of ether oxygens (including phenoxy) is 1. The van der Waals surface area contributed by atoms with Gasteiger partial charge in [0.05, 0.1) is 13.2 Å². The highest BCUT2D eigenvalue weighted by atomic mass is 16.5. The Morgan fingerprint density at radius 1 is 0.960 bits per heavy atom. The van der Waals surface area contributed by atoms with Gasteiger partial charge in [0.15, 0.2) is 0 Å². The molecule has 3 heteroatoms. The molecular formula is C22H29NO2. The Morgan fingerprint density at radius 3 is 2.24 bits per heavy atom. The molecule has 134 valence electrons. The van der Waals surface area contributed by atoms with Crippen LogP contribution in [0.2, 0.25) is 0 Å². The maximum atomic E-state index is 12.9. The van der Waals surface area contributed by atoms with Crippen LogP contribution < -0.4 is 10.1 Å². The molecule has 0 fully saturated rings. The second-order valence-corrected chi connectivity index (χ2v) is 7.12. The van der Waals surface area contributed by atoms with Gasteiger partial charge < -0.3 is 10.1 Å². The molecule has 2 aromatic rings. The number of carbonyl (C=O) groups excluding carboxylic acids is 1. The highest BCUT2D eigenvalue weighted by Crippen LogP contribution is 2.30. The van der Waals surface area contributed by atoms with E-state index in [0.717, 1.165) is 22.4 Å². The lowest BCUT2D eigenvalue weighted by Gasteiger charge is -2.20. The molecule has 0 saturated carbocycles. The first-order valence-electron chi connectivity index (χ1n) is 8.81. The molecule has 2 rings (SSSR count). The monoisotopic (exact) mass is 339 g/mol. The summed E-state index contributed by atoms with van der Waals surface area (Å²) in [6.45, 7) is 12.3. The van der Waals surface area contributed by atoms with Crippen LogP contribution in [0.4, 0.5) is 0 Å². The second kappa shape index (κ2) is 7.73. The van der Waals surface area contributed by atoms with E-state index in [1.54, 1.807) is 7.11 Å². The highest BCUT2D eigenvalue weighted by molar-refractivity contribution is 5.96. The van der Waals surface area contributed by atoms with E-state index in [-0.39, 0.29) is 11.9 Å². The van der Waals surface area contributed by atoms with Crippen LogP contribution in [0.25, 0.3) is 0 Å². The minimum Gasteiger partial charge on any atom is -0.496 e. The van der Waals surface area contributed by atoms with Crippen molar-refractivity contribution in [1.82, 2.24) is 5.32 Å². The number of carbonyl (C=O) groups is 1. The minimum atomic E-state index is -0.0459. The van der Waals surface area contributed by atoms with Crippen LogP contribution in [0.5, 0.6) is 5.75 Å². The zero-order chi connectivity index (χ0) is 18.7. The number of hydrogen-bond donors (Lipinski definition) is 1. The Kier molecular flexibility index (Phi) is 5.89. The van der Waals surface area contributed by atoms with E-state index in [1.807, 2.05) is 26.0 Å². The largest absolute Gasteiger partial charge is 0.496 e. The fraction of sp³-hybridized carbons (Fsp3) is 0.409. The van der Waals surface area contributed by atoms with Crippen molar-refractivity contribution in [3.63, 3.8) is 0 Å². The third-order valence-electron chi connectivity index (χ3n) is 4.69. The van der Waals surface area contributed by atoms with Gasteiger partial charge in [-0.2, -0.15) is 0 Å². The molecule has 1 unspecified atom stereocenters. The summed E-state index contributed by atoms with van der Waals surface area (Å²) < 4.78 is 5.47. The predicted molar refractivity (Wildman–Crippen MR) is 104 cm³/mol. The molecule has 0 aliphatic carbocycles. The van der Waals surface area contributed by atoms with Crippen LogP contribution in [0, 0.1) is 20.8 Å². The van der Waals surface area contributed by atoms with Gasteiger partial charge in [-0.1, -0.05) is 37.6 Å². The Morgan fingerprint density at radius 2 is 1.64 bits per heavy atom. The van der Waals surface area contributed by atoms with Crippen molar-refractivity contribution in [2.45, 2.75) is 53.5 Å². The topological polar surface area (TPSA) is 38.3 Å². The lowest BCUT2D eigenvalue weighted by molar-refractivity contribution is 0.0939. The zero-order valence-corrected chi connectivity index (χ0v) is 16.4. The van der Waals surface area contributed by atoms with E-state index >= 15 is 0 Å². The first-order valence-corrected chi connectivity index (χ1v) is 8.81. The molecule has 1 N–H and O–H groups in total. The Balaban J connectivity index is 2.31. The van der Waals surface area contributed by atoms with Crippen LogP contribution in [-0.2, 0) is 0 Å². The first-order chi connectivity index (χ1) is 11.7. The van der Waals surface area contributed by atoms with Crippen LogP contribution >= 0.6 is 0 Å². The molecule has 0 saturated heterocycles. The molecule has 0 heterocycles. The lowest BCUT2D eigenvalue weighted by Crippen LogP contribution is -2.28. The van der Waals surface area contributed by atoms with Crippen LogP contribution in [0.15, 0.2) is 30.3 Å². The van der Waals surface area contributed by atoms with Gasteiger partial charge >= 0.3 is 0 Å². The molecular weight excluding hydrogens is 310 g/mol. The van der Waals surface area contributed by atoms with Crippen molar-refractivity contribution >= 4 is 5.91 Å². The number of rotatable bonds is 5. The number of amides is 1. The van der Waals surface area contributed by atoms with E-state index in [2.05, 4.69) is 51.2 Å². The summed E-state index contributed by atoms with van der Waals surface area (Å²) in [6, 6.07) is 10.2. The third kappa shape index (κ3) is 4.22. The van der Waals surface area contributed by atoms with Crippen molar-refractivity contribution in [3.8, 4) is 5.75 Å². The normalized spacial score (nSPS) is 12.2. The van der Waals surface area contributed by atoms with E-state index in [1.165, 1.54) is 11.1 Å². The van der Waals surface area contributed by atoms with Gasteiger partial charge in [0.2, 0.25) is 0 Å². The van der Waals surface area contributed by atoms with Gasteiger partial charge in [-0.05, 0) is 68.0 Å². The second-order valence-electron chi connectivity index (χ2n) is 7.12. The Hall–Kier alpha value is -2.29. The molecule has 1 atom stereocenters. The summed E-state index contributed by atoms with van der Waals surface area (Å²) in [4.78, 5) is 12.9. The number of benzene rings is 2. The van der Waals surface area contributed by atoms with E-state index in [0.29, 0.717) is 11.5 Å². The van der Waals surface area contributed by atoms with Gasteiger partial charge in [0.1, 0.15) is 5.75 Å². The molecule has 1 amide bonds. The van der Waals surface area contributed by atoms with Gasteiger partial charge in [-0.3, -0.25) is 4.79 Å². The smallest absolute Gasteiger partial charge is 0.252 e. The van der Waals surface area contributed by atoms with Crippen molar-refractivity contribution in [3.05, 3.63) is 63.7 Å². The number of aryl methyl sites for hydroxylation is 3. The molecule has 3 nitrogen and oxygen atoms in total. The third-order valence-corrected chi connectivity index (χ3v) is 4.69. The zero-order valence-electron chi connectivity index (χ0n) is 16.4. The lowest BCUT2D eigenvalue weighted by atomic mass is 9.95. The fourth-order valence-electron chi connectivity index (χ4n) is 3.15. The average Bonchev–Trinajstić information content (AvgIpc) is 2.56. The molecule has 2 aromatic carbocycles. The fourth-order valence-corrected chi connectivity index (χ4v) is 3.15. The first kappa shape index (κ1) is 19.0. The number of hydrogen-bond acceptors (Lipinski definition) is 2. The average molecular weight is 339 g/mol. The quantitative estimate of drug-likeness (QED) is 0.809. The molecule has 0 radical (unpaired) electrons. The van der Waals surface area contributed by atoms with Gasteiger partial charge in [-0.15, -0.1) is 0 Å². The van der Waals surface area contributed by atoms with Crippen molar-refractivity contribution < 1.29 is 9.53 Å². The van der Waals surface area contributed by atoms with Crippen LogP contribution in [0.1, 0.15) is 70.9 Å². The maximum absolute atomic E-state index is 12.9. The van der Waals surface area contributed by atoms with Crippen molar-refractivity contribution in [2.24, 2.45) is 0 Å².